The Hall–Kier alpha value is -1.91. The minimum absolute atomic E-state index is 0.121. The highest BCUT2D eigenvalue weighted by Gasteiger charge is 2.21. The van der Waals surface area contributed by atoms with Crippen LogP contribution >= 0.6 is 0 Å². The van der Waals surface area contributed by atoms with E-state index < -0.39 is 11.4 Å². The highest BCUT2D eigenvalue weighted by molar-refractivity contribution is 5.96. The fourth-order valence-corrected chi connectivity index (χ4v) is 1.27. The molecule has 0 spiro atoms. The summed E-state index contributed by atoms with van der Waals surface area (Å²) in [6.07, 6.45) is 0. The number of rotatable bonds is 2. The lowest BCUT2D eigenvalue weighted by molar-refractivity contribution is -0.123. The molecule has 0 aliphatic carbocycles. The van der Waals surface area contributed by atoms with Crippen molar-refractivity contribution in [3.05, 3.63) is 23.5 Å². The van der Waals surface area contributed by atoms with E-state index in [2.05, 4.69) is 15.0 Å². The lowest BCUT2D eigenvalue weighted by Crippen LogP contribution is -2.27. The number of anilines is 1. The van der Waals surface area contributed by atoms with Gasteiger partial charge in [0.05, 0.1) is 7.11 Å². The first-order valence-corrected chi connectivity index (χ1v) is 5.62. The fourth-order valence-electron chi connectivity index (χ4n) is 1.27. The van der Waals surface area contributed by atoms with Crippen molar-refractivity contribution >= 4 is 17.6 Å². The summed E-state index contributed by atoms with van der Waals surface area (Å²) < 4.78 is 4.60. The van der Waals surface area contributed by atoms with Crippen LogP contribution in [-0.2, 0) is 9.53 Å². The normalized spacial score (nSPS) is 10.9. The van der Waals surface area contributed by atoms with Gasteiger partial charge in [0.1, 0.15) is 0 Å². The third-order valence-corrected chi connectivity index (χ3v) is 2.29. The van der Waals surface area contributed by atoms with Crippen LogP contribution in [0, 0.1) is 12.3 Å². The molecule has 0 aliphatic heterocycles. The van der Waals surface area contributed by atoms with Crippen LogP contribution in [0.2, 0.25) is 0 Å². The first-order valence-electron chi connectivity index (χ1n) is 5.62. The van der Waals surface area contributed by atoms with Gasteiger partial charge in [-0.05, 0) is 19.1 Å². The number of aromatic nitrogens is 1. The first kappa shape index (κ1) is 14.2. The summed E-state index contributed by atoms with van der Waals surface area (Å²) in [6, 6.07) is 3.21. The molecule has 0 aromatic carbocycles. The standard InChI is InChI=1S/C13H18N2O3/c1-8-6-9(15-12(17)13(2,3)4)7-10(14-8)11(16)18-5/h6-7H,1-5H3,(H,14,15,17). The van der Waals surface area contributed by atoms with Gasteiger partial charge >= 0.3 is 5.97 Å². The Bertz CT molecular complexity index is 476. The molecular weight excluding hydrogens is 232 g/mol. The van der Waals surface area contributed by atoms with Crippen LogP contribution in [0.1, 0.15) is 37.0 Å². The van der Waals surface area contributed by atoms with Crippen LogP contribution in [0.4, 0.5) is 5.69 Å². The molecule has 1 aromatic heterocycles. The number of nitrogens with zero attached hydrogens (tertiary/aromatic N) is 1. The number of esters is 1. The van der Waals surface area contributed by atoms with Gasteiger partial charge in [0, 0.05) is 16.8 Å². The number of ether oxygens (including phenoxy) is 1. The SMILES string of the molecule is COC(=O)c1cc(NC(=O)C(C)(C)C)cc(C)n1. The molecule has 1 N–H and O–H groups in total. The number of carbonyl (C=O) groups is 2. The number of methoxy groups -OCH3 is 1. The van der Waals surface area contributed by atoms with E-state index in [1.54, 1.807) is 13.0 Å². The number of pyridine rings is 1. The molecule has 1 heterocycles. The van der Waals surface area contributed by atoms with E-state index in [1.807, 2.05) is 20.8 Å². The molecule has 0 unspecified atom stereocenters. The van der Waals surface area contributed by atoms with Crippen molar-refractivity contribution in [3.63, 3.8) is 0 Å². The fraction of sp³-hybridized carbons (Fsp3) is 0.462. The zero-order valence-electron chi connectivity index (χ0n) is 11.3. The second-order valence-corrected chi connectivity index (χ2v) is 5.08. The zero-order chi connectivity index (χ0) is 13.9. The van der Waals surface area contributed by atoms with Gasteiger partial charge in [-0.1, -0.05) is 20.8 Å². The Labute approximate surface area is 107 Å². The average molecular weight is 250 g/mol. The summed E-state index contributed by atoms with van der Waals surface area (Å²) in [5.41, 5.74) is 0.870. The molecule has 0 fully saturated rings. The van der Waals surface area contributed by atoms with E-state index in [9.17, 15) is 9.59 Å². The van der Waals surface area contributed by atoms with Gasteiger partial charge in [0.25, 0.3) is 0 Å². The van der Waals surface area contributed by atoms with Crippen molar-refractivity contribution in [2.45, 2.75) is 27.7 Å². The maximum atomic E-state index is 11.8. The lowest BCUT2D eigenvalue weighted by Gasteiger charge is -2.18. The van der Waals surface area contributed by atoms with Crippen molar-refractivity contribution < 1.29 is 14.3 Å². The Morgan fingerprint density at radius 3 is 2.39 bits per heavy atom. The molecule has 1 amide bonds. The average Bonchev–Trinajstić information content (AvgIpc) is 2.25. The maximum absolute atomic E-state index is 11.8. The van der Waals surface area contributed by atoms with Gasteiger partial charge < -0.3 is 10.1 Å². The summed E-state index contributed by atoms with van der Waals surface area (Å²) in [6.45, 7) is 7.20. The van der Waals surface area contributed by atoms with E-state index in [-0.39, 0.29) is 11.6 Å². The van der Waals surface area contributed by atoms with E-state index >= 15 is 0 Å². The van der Waals surface area contributed by atoms with Crippen molar-refractivity contribution in [1.82, 2.24) is 4.98 Å². The first-order chi connectivity index (χ1) is 8.24. The van der Waals surface area contributed by atoms with Gasteiger partial charge in [-0.2, -0.15) is 0 Å². The molecule has 0 radical (unpaired) electrons. The van der Waals surface area contributed by atoms with Crippen LogP contribution in [0.15, 0.2) is 12.1 Å². The van der Waals surface area contributed by atoms with Crippen LogP contribution < -0.4 is 5.32 Å². The quantitative estimate of drug-likeness (QED) is 0.817. The number of amides is 1. The van der Waals surface area contributed by atoms with Gasteiger partial charge in [-0.25, -0.2) is 9.78 Å². The molecule has 0 atom stereocenters. The number of aryl methyl sites for hydroxylation is 1. The van der Waals surface area contributed by atoms with Crippen LogP contribution in [0.25, 0.3) is 0 Å². The third-order valence-electron chi connectivity index (χ3n) is 2.29. The Kier molecular flexibility index (Phi) is 4.06. The number of hydrogen-bond acceptors (Lipinski definition) is 4. The molecule has 98 valence electrons. The monoisotopic (exact) mass is 250 g/mol. The summed E-state index contributed by atoms with van der Waals surface area (Å²) in [4.78, 5) is 27.3. The Morgan fingerprint density at radius 1 is 1.28 bits per heavy atom. The second kappa shape index (κ2) is 5.16. The minimum atomic E-state index is -0.523. The van der Waals surface area contributed by atoms with E-state index in [0.29, 0.717) is 11.4 Å². The van der Waals surface area contributed by atoms with E-state index in [1.165, 1.54) is 13.2 Å². The van der Waals surface area contributed by atoms with E-state index in [0.717, 1.165) is 0 Å². The molecular formula is C13H18N2O3. The molecule has 0 saturated carbocycles. The highest BCUT2D eigenvalue weighted by Crippen LogP contribution is 2.18. The smallest absolute Gasteiger partial charge is 0.356 e. The maximum Gasteiger partial charge on any atom is 0.356 e. The van der Waals surface area contributed by atoms with Gasteiger partial charge in [0.15, 0.2) is 5.69 Å². The van der Waals surface area contributed by atoms with Crippen LogP contribution in [0.3, 0.4) is 0 Å². The molecule has 0 saturated heterocycles. The molecule has 5 heteroatoms. The van der Waals surface area contributed by atoms with Crippen molar-refractivity contribution in [2.24, 2.45) is 5.41 Å². The van der Waals surface area contributed by atoms with Gasteiger partial charge in [-0.3, -0.25) is 4.79 Å². The molecule has 0 bridgehead atoms. The van der Waals surface area contributed by atoms with Crippen molar-refractivity contribution in [1.29, 1.82) is 0 Å². The molecule has 18 heavy (non-hydrogen) atoms. The molecule has 0 aliphatic rings. The largest absolute Gasteiger partial charge is 0.464 e. The second-order valence-electron chi connectivity index (χ2n) is 5.08. The molecule has 1 rings (SSSR count). The Morgan fingerprint density at radius 2 is 1.89 bits per heavy atom. The predicted octanol–water partition coefficient (Wildman–Crippen LogP) is 2.16. The predicted molar refractivity (Wildman–Crippen MR) is 68.4 cm³/mol. The van der Waals surface area contributed by atoms with Crippen LogP contribution in [0.5, 0.6) is 0 Å². The van der Waals surface area contributed by atoms with Gasteiger partial charge in [0.2, 0.25) is 5.91 Å². The number of carbonyl (C=O) groups excluding carboxylic acids is 2. The third kappa shape index (κ3) is 3.55. The minimum Gasteiger partial charge on any atom is -0.464 e. The van der Waals surface area contributed by atoms with Crippen molar-refractivity contribution in [3.8, 4) is 0 Å². The summed E-state index contributed by atoms with van der Waals surface area (Å²) in [5.74, 6) is -0.645. The molecule has 5 nitrogen and oxygen atoms in total. The Balaban J connectivity index is 3.01. The van der Waals surface area contributed by atoms with Crippen molar-refractivity contribution in [2.75, 3.05) is 12.4 Å². The lowest BCUT2D eigenvalue weighted by atomic mass is 9.95. The van der Waals surface area contributed by atoms with Gasteiger partial charge in [-0.15, -0.1) is 0 Å². The highest BCUT2D eigenvalue weighted by atomic mass is 16.5. The topological polar surface area (TPSA) is 68.3 Å². The van der Waals surface area contributed by atoms with Crippen LogP contribution in [-0.4, -0.2) is 24.0 Å². The number of hydrogen-bond donors (Lipinski definition) is 1. The van der Waals surface area contributed by atoms with E-state index in [4.69, 9.17) is 0 Å². The molecule has 1 aromatic rings. The zero-order valence-corrected chi connectivity index (χ0v) is 11.3. The summed E-state index contributed by atoms with van der Waals surface area (Å²) >= 11 is 0. The summed E-state index contributed by atoms with van der Waals surface area (Å²) in [5, 5.41) is 2.76. The summed E-state index contributed by atoms with van der Waals surface area (Å²) in [7, 11) is 1.29. The number of nitrogens with one attached hydrogen (secondary N) is 1.